The Balaban J connectivity index is 2.46. The second kappa shape index (κ2) is 4.07. The van der Waals surface area contributed by atoms with E-state index in [1.807, 2.05) is 19.0 Å². The molecule has 0 aromatic rings. The van der Waals surface area contributed by atoms with Crippen molar-refractivity contribution in [1.29, 1.82) is 0 Å². The molecule has 76 valence electrons. The van der Waals surface area contributed by atoms with Gasteiger partial charge in [0.15, 0.2) is 0 Å². The number of rotatable bonds is 3. The molecule has 3 atom stereocenters. The fourth-order valence-corrected chi connectivity index (χ4v) is 1.97. The molecule has 0 aromatic heterocycles. The van der Waals surface area contributed by atoms with Crippen LogP contribution < -0.4 is 0 Å². The monoisotopic (exact) mass is 187 g/mol. The summed E-state index contributed by atoms with van der Waals surface area (Å²) in [5.41, 5.74) is 0. The summed E-state index contributed by atoms with van der Waals surface area (Å²) in [5, 5.41) is 18.3. The summed E-state index contributed by atoms with van der Waals surface area (Å²) in [6.07, 6.45) is 0.575. The Labute approximate surface area is 78.2 Å². The quantitative estimate of drug-likeness (QED) is 0.654. The molecule has 2 N–H and O–H groups in total. The zero-order valence-electron chi connectivity index (χ0n) is 8.10. The zero-order chi connectivity index (χ0) is 10.0. The van der Waals surface area contributed by atoms with Crippen LogP contribution in [-0.4, -0.2) is 47.8 Å². The van der Waals surface area contributed by atoms with Gasteiger partial charge in [0.25, 0.3) is 0 Å². The number of carboxylic acid groups (broad SMARTS) is 1. The van der Waals surface area contributed by atoms with Crippen molar-refractivity contribution in [2.45, 2.75) is 18.9 Å². The molecular formula is C9H17NO3. The minimum Gasteiger partial charge on any atom is -0.481 e. The summed E-state index contributed by atoms with van der Waals surface area (Å²) in [7, 11) is 3.86. The summed E-state index contributed by atoms with van der Waals surface area (Å²) < 4.78 is 0. The van der Waals surface area contributed by atoms with Gasteiger partial charge < -0.3 is 15.1 Å². The van der Waals surface area contributed by atoms with Gasteiger partial charge >= 0.3 is 5.97 Å². The van der Waals surface area contributed by atoms with E-state index in [4.69, 9.17) is 5.11 Å². The molecule has 0 aromatic carbocycles. The molecule has 0 bridgehead atoms. The van der Waals surface area contributed by atoms with E-state index in [1.54, 1.807) is 0 Å². The first kappa shape index (κ1) is 10.5. The molecule has 0 spiro atoms. The fraction of sp³-hybridized carbons (Fsp3) is 0.889. The third-order valence-electron chi connectivity index (χ3n) is 2.61. The van der Waals surface area contributed by atoms with Crippen molar-refractivity contribution in [3.63, 3.8) is 0 Å². The minimum atomic E-state index is -0.777. The van der Waals surface area contributed by atoms with Gasteiger partial charge in [0.05, 0.1) is 12.0 Å². The third-order valence-corrected chi connectivity index (χ3v) is 2.61. The highest BCUT2D eigenvalue weighted by Crippen LogP contribution is 2.31. The SMILES string of the molecule is CN(C)CC1CC(C(=O)O)CC1O. The second-order valence-corrected chi connectivity index (χ2v) is 4.10. The lowest BCUT2D eigenvalue weighted by atomic mass is 10.0. The first-order valence-electron chi connectivity index (χ1n) is 4.56. The normalized spacial score (nSPS) is 34.0. The van der Waals surface area contributed by atoms with Crippen LogP contribution in [0.3, 0.4) is 0 Å². The van der Waals surface area contributed by atoms with Crippen molar-refractivity contribution in [3.8, 4) is 0 Å². The Morgan fingerprint density at radius 2 is 2.08 bits per heavy atom. The van der Waals surface area contributed by atoms with Gasteiger partial charge in [-0.15, -0.1) is 0 Å². The Kier molecular flexibility index (Phi) is 3.27. The lowest BCUT2D eigenvalue weighted by Gasteiger charge is -2.18. The van der Waals surface area contributed by atoms with Gasteiger partial charge in [0.2, 0.25) is 0 Å². The highest BCUT2D eigenvalue weighted by Gasteiger charge is 2.36. The van der Waals surface area contributed by atoms with Crippen molar-refractivity contribution in [2.75, 3.05) is 20.6 Å². The van der Waals surface area contributed by atoms with Crippen molar-refractivity contribution in [1.82, 2.24) is 4.90 Å². The van der Waals surface area contributed by atoms with Gasteiger partial charge in [-0.05, 0) is 32.9 Å². The molecule has 1 rings (SSSR count). The largest absolute Gasteiger partial charge is 0.481 e. The summed E-state index contributed by atoms with van der Waals surface area (Å²) in [4.78, 5) is 12.6. The molecule has 0 radical (unpaired) electrons. The average molecular weight is 187 g/mol. The molecule has 1 aliphatic rings. The van der Waals surface area contributed by atoms with Crippen LogP contribution in [-0.2, 0) is 4.79 Å². The zero-order valence-corrected chi connectivity index (χ0v) is 8.10. The highest BCUT2D eigenvalue weighted by atomic mass is 16.4. The van der Waals surface area contributed by atoms with Gasteiger partial charge in [-0.2, -0.15) is 0 Å². The number of nitrogens with zero attached hydrogens (tertiary/aromatic N) is 1. The third kappa shape index (κ3) is 2.67. The molecule has 1 aliphatic carbocycles. The lowest BCUT2D eigenvalue weighted by molar-refractivity contribution is -0.141. The topological polar surface area (TPSA) is 60.8 Å². The molecule has 0 aliphatic heterocycles. The molecular weight excluding hydrogens is 170 g/mol. The molecule has 3 unspecified atom stereocenters. The fourth-order valence-electron chi connectivity index (χ4n) is 1.97. The van der Waals surface area contributed by atoms with Gasteiger partial charge in [-0.1, -0.05) is 0 Å². The van der Waals surface area contributed by atoms with Gasteiger partial charge in [-0.25, -0.2) is 0 Å². The highest BCUT2D eigenvalue weighted by molar-refractivity contribution is 5.70. The molecule has 1 saturated carbocycles. The smallest absolute Gasteiger partial charge is 0.306 e. The molecule has 0 amide bonds. The number of aliphatic hydroxyl groups excluding tert-OH is 1. The minimum absolute atomic E-state index is 0.121. The Hall–Kier alpha value is -0.610. The maximum atomic E-state index is 10.7. The van der Waals surface area contributed by atoms with E-state index >= 15 is 0 Å². The van der Waals surface area contributed by atoms with Crippen LogP contribution in [0, 0.1) is 11.8 Å². The van der Waals surface area contributed by atoms with E-state index < -0.39 is 12.1 Å². The Bertz CT molecular complexity index is 193. The van der Waals surface area contributed by atoms with Gasteiger partial charge in [0, 0.05) is 6.54 Å². The van der Waals surface area contributed by atoms with Crippen LogP contribution in [0.1, 0.15) is 12.8 Å². The van der Waals surface area contributed by atoms with Crippen molar-refractivity contribution < 1.29 is 15.0 Å². The first-order valence-corrected chi connectivity index (χ1v) is 4.56. The van der Waals surface area contributed by atoms with Crippen LogP contribution in [0.2, 0.25) is 0 Å². The predicted octanol–water partition coefficient (Wildman–Crippen LogP) is 0.0197. The molecule has 4 nitrogen and oxygen atoms in total. The van der Waals surface area contributed by atoms with E-state index in [0.29, 0.717) is 12.8 Å². The van der Waals surface area contributed by atoms with Gasteiger partial charge in [-0.3, -0.25) is 4.79 Å². The van der Waals surface area contributed by atoms with E-state index in [-0.39, 0.29) is 11.8 Å². The number of carbonyl (C=O) groups is 1. The molecule has 13 heavy (non-hydrogen) atoms. The Morgan fingerprint density at radius 1 is 1.46 bits per heavy atom. The number of aliphatic hydroxyl groups is 1. The average Bonchev–Trinajstić information content (AvgIpc) is 2.31. The van der Waals surface area contributed by atoms with E-state index in [2.05, 4.69) is 0 Å². The van der Waals surface area contributed by atoms with Crippen LogP contribution in [0.15, 0.2) is 0 Å². The van der Waals surface area contributed by atoms with Crippen LogP contribution in [0.4, 0.5) is 0 Å². The number of hydrogen-bond acceptors (Lipinski definition) is 3. The van der Waals surface area contributed by atoms with Crippen molar-refractivity contribution in [2.24, 2.45) is 11.8 Å². The second-order valence-electron chi connectivity index (χ2n) is 4.10. The van der Waals surface area contributed by atoms with E-state index in [9.17, 15) is 9.90 Å². The van der Waals surface area contributed by atoms with E-state index in [0.717, 1.165) is 6.54 Å². The Morgan fingerprint density at radius 3 is 2.46 bits per heavy atom. The standard InChI is InChI=1S/C9H17NO3/c1-10(2)5-7-3-6(9(12)13)4-8(7)11/h6-8,11H,3-5H2,1-2H3,(H,12,13). The molecule has 4 heteroatoms. The molecule has 0 heterocycles. The number of aliphatic carboxylic acids is 1. The van der Waals surface area contributed by atoms with Crippen molar-refractivity contribution >= 4 is 5.97 Å². The lowest BCUT2D eigenvalue weighted by Crippen LogP contribution is -2.26. The predicted molar refractivity (Wildman–Crippen MR) is 48.4 cm³/mol. The summed E-state index contributed by atoms with van der Waals surface area (Å²) in [6, 6.07) is 0. The first-order chi connectivity index (χ1) is 6.00. The van der Waals surface area contributed by atoms with E-state index in [1.165, 1.54) is 0 Å². The maximum Gasteiger partial charge on any atom is 0.306 e. The summed E-state index contributed by atoms with van der Waals surface area (Å²) in [5.74, 6) is -1.00. The summed E-state index contributed by atoms with van der Waals surface area (Å²) >= 11 is 0. The van der Waals surface area contributed by atoms with Crippen molar-refractivity contribution in [3.05, 3.63) is 0 Å². The van der Waals surface area contributed by atoms with Crippen LogP contribution >= 0.6 is 0 Å². The van der Waals surface area contributed by atoms with Gasteiger partial charge in [0.1, 0.15) is 0 Å². The molecule has 1 fully saturated rings. The maximum absolute atomic E-state index is 10.7. The van der Waals surface area contributed by atoms with Crippen LogP contribution in [0.25, 0.3) is 0 Å². The van der Waals surface area contributed by atoms with Crippen LogP contribution in [0.5, 0.6) is 0 Å². The number of carboxylic acids is 1. The summed E-state index contributed by atoms with van der Waals surface area (Å²) in [6.45, 7) is 0.769. The number of hydrogen-bond donors (Lipinski definition) is 2. The molecule has 0 saturated heterocycles.